The Morgan fingerprint density at radius 2 is 1.62 bits per heavy atom. The van der Waals surface area contributed by atoms with Gasteiger partial charge in [0.05, 0.1) is 12.7 Å². The zero-order valence-corrected chi connectivity index (χ0v) is 13.4. The fourth-order valence-corrected chi connectivity index (χ4v) is 2.52. The number of nitrogens with zero attached hydrogens (tertiary/aromatic N) is 1. The van der Waals surface area contributed by atoms with Crippen molar-refractivity contribution in [2.45, 2.75) is 6.61 Å². The highest BCUT2D eigenvalue weighted by Crippen LogP contribution is 2.33. The quantitative estimate of drug-likeness (QED) is 0.678. The Bertz CT molecular complexity index is 867. The lowest BCUT2D eigenvalue weighted by atomic mass is 10.0. The van der Waals surface area contributed by atoms with Crippen LogP contribution in [-0.2, 0) is 6.61 Å². The van der Waals surface area contributed by atoms with Gasteiger partial charge in [-0.15, -0.1) is 0 Å². The van der Waals surface area contributed by atoms with Crippen LogP contribution in [0, 0.1) is 11.3 Å². The van der Waals surface area contributed by atoms with Crippen LogP contribution in [0.2, 0.25) is 0 Å². The van der Waals surface area contributed by atoms with Crippen molar-refractivity contribution in [2.24, 2.45) is 0 Å². The highest BCUT2D eigenvalue weighted by molar-refractivity contribution is 5.72. The molecule has 0 atom stereocenters. The Morgan fingerprint density at radius 1 is 0.875 bits per heavy atom. The van der Waals surface area contributed by atoms with E-state index in [1.54, 1.807) is 13.2 Å². The molecule has 0 N–H and O–H groups in total. The van der Waals surface area contributed by atoms with Gasteiger partial charge in [-0.25, -0.2) is 0 Å². The van der Waals surface area contributed by atoms with E-state index in [0.717, 1.165) is 22.4 Å². The Hall–Kier alpha value is -3.25. The van der Waals surface area contributed by atoms with Crippen molar-refractivity contribution in [3.8, 4) is 28.7 Å². The summed E-state index contributed by atoms with van der Waals surface area (Å²) in [6.45, 7) is 0.422. The van der Waals surface area contributed by atoms with E-state index in [4.69, 9.17) is 9.47 Å². The maximum absolute atomic E-state index is 9.32. The van der Waals surface area contributed by atoms with Crippen LogP contribution in [0.3, 0.4) is 0 Å². The molecular weight excluding hydrogens is 298 g/mol. The third kappa shape index (κ3) is 3.39. The molecule has 0 aromatic heterocycles. The minimum atomic E-state index is 0.422. The van der Waals surface area contributed by atoms with E-state index in [2.05, 4.69) is 6.07 Å². The summed E-state index contributed by atoms with van der Waals surface area (Å²) in [4.78, 5) is 0. The Balaban J connectivity index is 1.92. The highest BCUT2D eigenvalue weighted by atomic mass is 16.5. The monoisotopic (exact) mass is 315 g/mol. The fourth-order valence-electron chi connectivity index (χ4n) is 2.52. The van der Waals surface area contributed by atoms with Crippen molar-refractivity contribution in [2.75, 3.05) is 7.11 Å². The molecule has 0 saturated carbocycles. The third-order valence-corrected chi connectivity index (χ3v) is 3.76. The third-order valence-electron chi connectivity index (χ3n) is 3.76. The van der Waals surface area contributed by atoms with Crippen LogP contribution in [-0.4, -0.2) is 7.11 Å². The fraction of sp³-hybridized carbons (Fsp3) is 0.0952. The average molecular weight is 315 g/mol. The van der Waals surface area contributed by atoms with Crippen LogP contribution in [0.5, 0.6) is 11.5 Å². The number of hydrogen-bond acceptors (Lipinski definition) is 3. The normalized spacial score (nSPS) is 10.0. The van der Waals surface area contributed by atoms with Gasteiger partial charge in [0.2, 0.25) is 0 Å². The Labute approximate surface area is 141 Å². The van der Waals surface area contributed by atoms with Crippen molar-refractivity contribution in [3.05, 3.63) is 83.9 Å². The lowest BCUT2D eigenvalue weighted by Crippen LogP contribution is -1.98. The first kappa shape index (κ1) is 15.6. The summed E-state index contributed by atoms with van der Waals surface area (Å²) in [5.41, 5.74) is 3.50. The van der Waals surface area contributed by atoms with E-state index < -0.39 is 0 Å². The maximum atomic E-state index is 9.32. The molecule has 3 heteroatoms. The van der Waals surface area contributed by atoms with Gasteiger partial charge >= 0.3 is 0 Å². The van der Waals surface area contributed by atoms with Gasteiger partial charge in [0.25, 0.3) is 0 Å². The van der Waals surface area contributed by atoms with Gasteiger partial charge in [-0.2, -0.15) is 5.26 Å². The summed E-state index contributed by atoms with van der Waals surface area (Å²) in [5.74, 6) is 1.36. The first-order valence-electron chi connectivity index (χ1n) is 7.66. The molecular formula is C21H17NO2. The van der Waals surface area contributed by atoms with Gasteiger partial charge in [-0.05, 0) is 29.3 Å². The van der Waals surface area contributed by atoms with Crippen LogP contribution in [0.25, 0.3) is 11.1 Å². The van der Waals surface area contributed by atoms with Gasteiger partial charge < -0.3 is 9.47 Å². The molecule has 118 valence electrons. The van der Waals surface area contributed by atoms with Crippen LogP contribution in [0.4, 0.5) is 0 Å². The summed E-state index contributed by atoms with van der Waals surface area (Å²) < 4.78 is 11.3. The predicted octanol–water partition coefficient (Wildman–Crippen LogP) is 4.81. The van der Waals surface area contributed by atoms with Crippen LogP contribution in [0.1, 0.15) is 11.1 Å². The number of para-hydroxylation sites is 1. The molecule has 0 heterocycles. The van der Waals surface area contributed by atoms with E-state index in [-0.39, 0.29) is 0 Å². The van der Waals surface area contributed by atoms with E-state index in [1.807, 2.05) is 66.7 Å². The second kappa shape index (κ2) is 7.34. The van der Waals surface area contributed by atoms with Gasteiger partial charge in [-0.3, -0.25) is 0 Å². The maximum Gasteiger partial charge on any atom is 0.138 e. The zero-order valence-electron chi connectivity index (χ0n) is 13.4. The van der Waals surface area contributed by atoms with Crippen LogP contribution in [0.15, 0.2) is 72.8 Å². The van der Waals surface area contributed by atoms with Gasteiger partial charge in [-0.1, -0.05) is 54.6 Å². The standard InChI is InChI=1S/C21H17NO2/c1-23-20-10-6-5-9-19(20)17-11-12-18(14-22)21(13-17)24-15-16-7-3-2-4-8-16/h2-13H,15H2,1H3. The minimum absolute atomic E-state index is 0.422. The minimum Gasteiger partial charge on any atom is -0.496 e. The summed E-state index contributed by atoms with van der Waals surface area (Å²) >= 11 is 0. The summed E-state index contributed by atoms with van der Waals surface area (Å²) in [6, 6.07) is 25.4. The van der Waals surface area contributed by atoms with Gasteiger partial charge in [0.1, 0.15) is 24.2 Å². The second-order valence-corrected chi connectivity index (χ2v) is 5.30. The largest absolute Gasteiger partial charge is 0.496 e. The molecule has 0 amide bonds. The van der Waals surface area contributed by atoms with Crippen molar-refractivity contribution in [3.63, 3.8) is 0 Å². The number of rotatable bonds is 5. The number of nitriles is 1. The molecule has 3 nitrogen and oxygen atoms in total. The van der Waals surface area contributed by atoms with E-state index in [0.29, 0.717) is 17.9 Å². The summed E-state index contributed by atoms with van der Waals surface area (Å²) in [7, 11) is 1.65. The van der Waals surface area contributed by atoms with Crippen molar-refractivity contribution in [1.29, 1.82) is 5.26 Å². The smallest absolute Gasteiger partial charge is 0.138 e. The van der Waals surface area contributed by atoms with Crippen LogP contribution < -0.4 is 9.47 Å². The zero-order chi connectivity index (χ0) is 16.8. The number of benzene rings is 3. The van der Waals surface area contributed by atoms with E-state index in [1.165, 1.54) is 0 Å². The number of methoxy groups -OCH3 is 1. The molecule has 0 radical (unpaired) electrons. The molecule has 3 aromatic carbocycles. The summed E-state index contributed by atoms with van der Waals surface area (Å²) in [5, 5.41) is 9.32. The van der Waals surface area contributed by atoms with Crippen LogP contribution >= 0.6 is 0 Å². The molecule has 3 rings (SSSR count). The molecule has 0 bridgehead atoms. The van der Waals surface area contributed by atoms with Gasteiger partial charge in [0, 0.05) is 5.56 Å². The van der Waals surface area contributed by atoms with E-state index >= 15 is 0 Å². The number of hydrogen-bond donors (Lipinski definition) is 0. The first-order valence-corrected chi connectivity index (χ1v) is 7.66. The lowest BCUT2D eigenvalue weighted by Gasteiger charge is -2.12. The molecule has 24 heavy (non-hydrogen) atoms. The second-order valence-electron chi connectivity index (χ2n) is 5.30. The van der Waals surface area contributed by atoms with Crippen molar-refractivity contribution >= 4 is 0 Å². The van der Waals surface area contributed by atoms with Gasteiger partial charge in [0.15, 0.2) is 0 Å². The molecule has 0 unspecified atom stereocenters. The summed E-state index contributed by atoms with van der Waals surface area (Å²) in [6.07, 6.45) is 0. The highest BCUT2D eigenvalue weighted by Gasteiger charge is 2.10. The molecule has 0 spiro atoms. The number of ether oxygens (including phenoxy) is 2. The topological polar surface area (TPSA) is 42.2 Å². The molecule has 0 fully saturated rings. The van der Waals surface area contributed by atoms with Crippen molar-refractivity contribution in [1.82, 2.24) is 0 Å². The predicted molar refractivity (Wildman–Crippen MR) is 93.9 cm³/mol. The Morgan fingerprint density at radius 3 is 2.38 bits per heavy atom. The SMILES string of the molecule is COc1ccccc1-c1ccc(C#N)c(OCc2ccccc2)c1. The first-order chi connectivity index (χ1) is 11.8. The Kier molecular flexibility index (Phi) is 4.78. The molecule has 3 aromatic rings. The van der Waals surface area contributed by atoms with E-state index in [9.17, 15) is 5.26 Å². The van der Waals surface area contributed by atoms with Crippen molar-refractivity contribution < 1.29 is 9.47 Å². The molecule has 0 saturated heterocycles. The lowest BCUT2D eigenvalue weighted by molar-refractivity contribution is 0.305. The molecule has 0 aliphatic rings. The molecule has 0 aliphatic heterocycles. The average Bonchev–Trinajstić information content (AvgIpc) is 2.67. The molecule has 0 aliphatic carbocycles.